The van der Waals surface area contributed by atoms with Crippen molar-refractivity contribution in [2.45, 2.75) is 46.1 Å². The molecule has 5 nitrogen and oxygen atoms in total. The van der Waals surface area contributed by atoms with Crippen LogP contribution in [0.15, 0.2) is 48.5 Å². The van der Waals surface area contributed by atoms with Crippen molar-refractivity contribution in [3.05, 3.63) is 64.4 Å². The summed E-state index contributed by atoms with van der Waals surface area (Å²) in [6, 6.07) is 15.6. The third-order valence-electron chi connectivity index (χ3n) is 5.41. The van der Waals surface area contributed by atoms with E-state index in [1.807, 2.05) is 48.5 Å². The quantitative estimate of drug-likeness (QED) is 0.358. The number of unbranched alkanes of at least 4 members (excludes halogenated alkanes) is 1. The molecule has 1 aromatic heterocycles. The molecule has 3 N–H and O–H groups in total. The molecule has 1 amide bonds. The second-order valence-electron chi connectivity index (χ2n) is 7.61. The number of nitrogens with one attached hydrogen (secondary N) is 3. The van der Waals surface area contributed by atoms with Gasteiger partial charge in [-0.2, -0.15) is 0 Å². The van der Waals surface area contributed by atoms with Gasteiger partial charge in [0.15, 0.2) is 4.77 Å². The Balaban J connectivity index is 1.58. The molecule has 3 aromatic rings. The van der Waals surface area contributed by atoms with E-state index in [9.17, 15) is 4.79 Å². The largest absolute Gasteiger partial charge is 0.365 e. The lowest BCUT2D eigenvalue weighted by Gasteiger charge is -2.15. The van der Waals surface area contributed by atoms with Crippen molar-refractivity contribution >= 4 is 34.8 Å². The Morgan fingerprint density at radius 2 is 1.90 bits per heavy atom. The zero-order valence-corrected chi connectivity index (χ0v) is 18.5. The molecule has 6 heteroatoms. The number of amides is 1. The van der Waals surface area contributed by atoms with Crippen LogP contribution in [0.2, 0.25) is 0 Å². The summed E-state index contributed by atoms with van der Waals surface area (Å²) >= 11 is 5.23. The van der Waals surface area contributed by atoms with Crippen LogP contribution in [-0.4, -0.2) is 22.4 Å². The molecule has 0 bridgehead atoms. The second-order valence-corrected chi connectivity index (χ2v) is 8.00. The van der Waals surface area contributed by atoms with Crippen LogP contribution in [-0.2, 0) is 6.54 Å². The fourth-order valence-corrected chi connectivity index (χ4v) is 3.68. The topological polar surface area (TPSA) is 69.8 Å². The highest BCUT2D eigenvalue weighted by Crippen LogP contribution is 2.20. The number of aromatic nitrogens is 2. The summed E-state index contributed by atoms with van der Waals surface area (Å²) in [5, 5.41) is 7.44. The minimum Gasteiger partial charge on any atom is -0.365 e. The summed E-state index contributed by atoms with van der Waals surface area (Å²) in [4.78, 5) is 20.0. The number of hydrogen-bond acceptors (Lipinski definition) is 4. The minimum atomic E-state index is -0.00790. The van der Waals surface area contributed by atoms with Crippen LogP contribution in [0.5, 0.6) is 0 Å². The van der Waals surface area contributed by atoms with E-state index in [1.165, 1.54) is 19.3 Å². The van der Waals surface area contributed by atoms with Crippen LogP contribution in [0.3, 0.4) is 0 Å². The number of rotatable bonds is 10. The lowest BCUT2D eigenvalue weighted by atomic mass is 9.99. The average Bonchev–Trinajstić information content (AvgIpc) is 2.77. The molecule has 3 rings (SSSR count). The van der Waals surface area contributed by atoms with Crippen molar-refractivity contribution < 1.29 is 4.79 Å². The number of nitrogens with zero attached hydrogens (tertiary/aromatic N) is 1. The number of carbonyl (C=O) groups is 1. The first-order chi connectivity index (χ1) is 14.6. The highest BCUT2D eigenvalue weighted by molar-refractivity contribution is 7.71. The zero-order chi connectivity index (χ0) is 21.3. The predicted molar refractivity (Wildman–Crippen MR) is 126 cm³/mol. The van der Waals surface area contributed by atoms with E-state index >= 15 is 0 Å². The average molecular weight is 423 g/mol. The van der Waals surface area contributed by atoms with Crippen molar-refractivity contribution in [1.29, 1.82) is 0 Å². The maximum absolute atomic E-state index is 12.5. The normalized spacial score (nSPS) is 11.9. The van der Waals surface area contributed by atoms with Crippen LogP contribution in [0.25, 0.3) is 10.9 Å². The van der Waals surface area contributed by atoms with Crippen molar-refractivity contribution in [3.8, 4) is 0 Å². The van der Waals surface area contributed by atoms with Gasteiger partial charge in [-0.1, -0.05) is 57.4 Å². The van der Waals surface area contributed by atoms with Gasteiger partial charge in [0, 0.05) is 24.0 Å². The van der Waals surface area contributed by atoms with Crippen molar-refractivity contribution in [1.82, 2.24) is 15.3 Å². The lowest BCUT2D eigenvalue weighted by Crippen LogP contribution is -2.29. The first-order valence-electron chi connectivity index (χ1n) is 10.7. The molecule has 2 aromatic carbocycles. The smallest absolute Gasteiger partial charge is 0.251 e. The van der Waals surface area contributed by atoms with E-state index in [2.05, 4.69) is 34.4 Å². The summed E-state index contributed by atoms with van der Waals surface area (Å²) in [5.41, 5.74) is 2.72. The van der Waals surface area contributed by atoms with Crippen LogP contribution in [0.1, 0.15) is 55.5 Å². The maximum atomic E-state index is 12.5. The summed E-state index contributed by atoms with van der Waals surface area (Å²) in [7, 11) is 0. The monoisotopic (exact) mass is 422 g/mol. The summed E-state index contributed by atoms with van der Waals surface area (Å²) in [6.45, 7) is 5.73. The third-order valence-corrected chi connectivity index (χ3v) is 5.60. The second kappa shape index (κ2) is 10.9. The van der Waals surface area contributed by atoms with E-state index in [4.69, 9.17) is 12.2 Å². The van der Waals surface area contributed by atoms with Crippen LogP contribution >= 0.6 is 12.2 Å². The summed E-state index contributed by atoms with van der Waals surface area (Å²) in [5.74, 6) is 1.30. The van der Waals surface area contributed by atoms with Gasteiger partial charge in [-0.3, -0.25) is 4.79 Å². The molecular weight excluding hydrogens is 392 g/mol. The number of para-hydroxylation sites is 1. The van der Waals surface area contributed by atoms with E-state index < -0.39 is 0 Å². The zero-order valence-electron chi connectivity index (χ0n) is 17.7. The Morgan fingerprint density at radius 3 is 2.63 bits per heavy atom. The molecule has 0 spiro atoms. The molecule has 30 heavy (non-hydrogen) atoms. The van der Waals surface area contributed by atoms with Crippen LogP contribution in [0, 0.1) is 10.7 Å². The first-order valence-corrected chi connectivity index (χ1v) is 11.1. The minimum absolute atomic E-state index is 0.00790. The van der Waals surface area contributed by atoms with E-state index in [0.29, 0.717) is 22.8 Å². The van der Waals surface area contributed by atoms with Crippen molar-refractivity contribution in [2.75, 3.05) is 11.9 Å². The lowest BCUT2D eigenvalue weighted by molar-refractivity contribution is 0.0946. The number of carbonyl (C=O) groups excluding carboxylic acids is 1. The molecule has 0 radical (unpaired) electrons. The van der Waals surface area contributed by atoms with Crippen LogP contribution < -0.4 is 10.6 Å². The number of anilines is 1. The Hall–Kier alpha value is -2.73. The fourth-order valence-electron chi connectivity index (χ4n) is 3.48. The van der Waals surface area contributed by atoms with Gasteiger partial charge in [0.05, 0.1) is 5.52 Å². The third kappa shape index (κ3) is 5.89. The van der Waals surface area contributed by atoms with Gasteiger partial charge in [0.1, 0.15) is 5.82 Å². The first kappa shape index (κ1) is 22.0. The van der Waals surface area contributed by atoms with E-state index in [1.54, 1.807) is 0 Å². The standard InChI is InChI=1S/C24H30N4OS/c1-3-5-8-17(4-2)15-26-23(29)19-13-11-18(12-14-19)16-25-22-20-9-6-7-10-21(20)27-24(30)28-22/h6-7,9-14,17H,3-5,8,15-16H2,1-2H3,(H,26,29)(H2,25,27,28,30)/t17-/m1/s1. The van der Waals surface area contributed by atoms with Crippen LogP contribution in [0.4, 0.5) is 5.82 Å². The SMILES string of the molecule is CCCC[C@@H](CC)CNC(=O)c1ccc(CNc2nc(=S)[nH]c3ccccc23)cc1. The van der Waals surface area contributed by atoms with E-state index in [0.717, 1.165) is 35.2 Å². The molecule has 158 valence electrons. The van der Waals surface area contributed by atoms with Gasteiger partial charge in [-0.15, -0.1) is 0 Å². The van der Waals surface area contributed by atoms with Crippen molar-refractivity contribution in [2.24, 2.45) is 5.92 Å². The number of benzene rings is 2. The van der Waals surface area contributed by atoms with Gasteiger partial charge in [-0.05, 0) is 54.4 Å². The van der Waals surface area contributed by atoms with Gasteiger partial charge in [-0.25, -0.2) is 4.98 Å². The molecule has 0 fully saturated rings. The summed E-state index contributed by atoms with van der Waals surface area (Å²) < 4.78 is 0.451. The Bertz CT molecular complexity index is 1030. The summed E-state index contributed by atoms with van der Waals surface area (Å²) in [6.07, 6.45) is 4.67. The Labute approximate surface area is 183 Å². The van der Waals surface area contributed by atoms with Gasteiger partial charge in [0.2, 0.25) is 0 Å². The molecular formula is C24H30N4OS. The fraction of sp³-hybridized carbons (Fsp3) is 0.375. The number of fused-ring (bicyclic) bond motifs is 1. The van der Waals surface area contributed by atoms with Crippen molar-refractivity contribution in [3.63, 3.8) is 0 Å². The number of H-pyrrole nitrogens is 1. The molecule has 0 aliphatic rings. The molecule has 1 atom stereocenters. The van der Waals surface area contributed by atoms with Gasteiger partial charge < -0.3 is 15.6 Å². The number of aromatic amines is 1. The van der Waals surface area contributed by atoms with Gasteiger partial charge >= 0.3 is 0 Å². The molecule has 0 aliphatic carbocycles. The molecule has 0 saturated heterocycles. The highest BCUT2D eigenvalue weighted by atomic mass is 32.1. The molecule has 0 unspecified atom stereocenters. The van der Waals surface area contributed by atoms with Gasteiger partial charge in [0.25, 0.3) is 5.91 Å². The Kier molecular flexibility index (Phi) is 7.97. The highest BCUT2D eigenvalue weighted by Gasteiger charge is 2.10. The van der Waals surface area contributed by atoms with E-state index in [-0.39, 0.29) is 5.91 Å². The number of hydrogen-bond donors (Lipinski definition) is 3. The molecule has 0 aliphatic heterocycles. The Morgan fingerprint density at radius 1 is 1.13 bits per heavy atom. The predicted octanol–water partition coefficient (Wildman–Crippen LogP) is 5.85. The maximum Gasteiger partial charge on any atom is 0.251 e. The molecule has 0 saturated carbocycles. The molecule has 1 heterocycles.